The highest BCUT2D eigenvalue weighted by Gasteiger charge is 1.97. The van der Waals surface area contributed by atoms with Gasteiger partial charge in [0.05, 0.1) is 6.21 Å². The van der Waals surface area contributed by atoms with Gasteiger partial charge in [-0.1, -0.05) is 48.5 Å². The molecule has 0 radical (unpaired) electrons. The maximum absolute atomic E-state index is 11.5. The summed E-state index contributed by atoms with van der Waals surface area (Å²) in [6, 6.07) is 18.4. The minimum atomic E-state index is -0.367. The summed E-state index contributed by atoms with van der Waals surface area (Å²) in [7, 11) is 0. The summed E-state index contributed by atoms with van der Waals surface area (Å²) < 4.78 is 0. The van der Waals surface area contributed by atoms with Crippen LogP contribution in [-0.2, 0) is 0 Å². The molecule has 2 rings (SSSR count). The van der Waals surface area contributed by atoms with E-state index < -0.39 is 0 Å². The molecule has 0 fully saturated rings. The van der Waals surface area contributed by atoms with Gasteiger partial charge in [-0.05, 0) is 17.7 Å². The molecule has 0 saturated carbocycles. The monoisotopic (exact) mass is 239 g/mol. The number of urea groups is 1. The number of anilines is 1. The number of rotatable bonds is 3. The standard InChI is InChI=1S/C14H13N3O/c18-14(16-13-9-5-2-6-10-13)17-15-11-12-7-3-1-4-8-12/h1-11H,(H2,16,17,18)/b15-11-. The van der Waals surface area contributed by atoms with E-state index in [1.54, 1.807) is 18.3 Å². The van der Waals surface area contributed by atoms with Crippen molar-refractivity contribution in [3.63, 3.8) is 0 Å². The van der Waals surface area contributed by atoms with Gasteiger partial charge in [0.25, 0.3) is 0 Å². The summed E-state index contributed by atoms with van der Waals surface area (Å²) in [4.78, 5) is 11.5. The fraction of sp³-hybridized carbons (Fsp3) is 0. The van der Waals surface area contributed by atoms with Crippen molar-refractivity contribution >= 4 is 17.9 Å². The van der Waals surface area contributed by atoms with E-state index in [4.69, 9.17) is 0 Å². The number of carbonyl (C=O) groups excluding carboxylic acids is 1. The molecule has 0 aliphatic rings. The molecule has 2 aromatic rings. The molecule has 0 unspecified atom stereocenters. The van der Waals surface area contributed by atoms with Crippen molar-refractivity contribution in [1.82, 2.24) is 5.43 Å². The van der Waals surface area contributed by atoms with Crippen molar-refractivity contribution < 1.29 is 4.79 Å². The lowest BCUT2D eigenvalue weighted by Gasteiger charge is -2.02. The molecule has 2 amide bonds. The van der Waals surface area contributed by atoms with Gasteiger partial charge in [-0.25, -0.2) is 10.2 Å². The van der Waals surface area contributed by atoms with E-state index in [0.717, 1.165) is 11.3 Å². The number of hydrogen-bond acceptors (Lipinski definition) is 2. The van der Waals surface area contributed by atoms with E-state index >= 15 is 0 Å². The molecule has 0 bridgehead atoms. The molecule has 4 nitrogen and oxygen atoms in total. The van der Waals surface area contributed by atoms with Crippen LogP contribution in [0.2, 0.25) is 0 Å². The first-order valence-electron chi connectivity index (χ1n) is 5.55. The normalized spacial score (nSPS) is 10.2. The zero-order chi connectivity index (χ0) is 12.6. The molecular formula is C14H13N3O. The number of amides is 2. The molecule has 0 aliphatic carbocycles. The molecule has 0 aromatic heterocycles. The van der Waals surface area contributed by atoms with E-state index in [-0.39, 0.29) is 6.03 Å². The highest BCUT2D eigenvalue weighted by Crippen LogP contribution is 2.03. The van der Waals surface area contributed by atoms with Gasteiger partial charge in [0.15, 0.2) is 0 Å². The molecule has 0 heterocycles. The summed E-state index contributed by atoms with van der Waals surface area (Å²) in [6.07, 6.45) is 1.59. The highest BCUT2D eigenvalue weighted by molar-refractivity contribution is 5.90. The van der Waals surface area contributed by atoms with Crippen LogP contribution in [0.4, 0.5) is 10.5 Å². The molecule has 90 valence electrons. The first kappa shape index (κ1) is 11.9. The van der Waals surface area contributed by atoms with E-state index in [9.17, 15) is 4.79 Å². The third-order valence-corrected chi connectivity index (χ3v) is 2.21. The van der Waals surface area contributed by atoms with E-state index in [1.165, 1.54) is 0 Å². The number of carbonyl (C=O) groups is 1. The lowest BCUT2D eigenvalue weighted by atomic mass is 10.2. The third kappa shape index (κ3) is 3.75. The Balaban J connectivity index is 1.84. The Kier molecular flexibility index (Phi) is 4.08. The molecule has 0 atom stereocenters. The van der Waals surface area contributed by atoms with Gasteiger partial charge in [-0.2, -0.15) is 5.10 Å². The van der Waals surface area contributed by atoms with E-state index in [1.807, 2.05) is 48.5 Å². The average molecular weight is 239 g/mol. The minimum absolute atomic E-state index is 0.367. The maximum atomic E-state index is 11.5. The SMILES string of the molecule is O=C(N/N=C\c1ccccc1)Nc1ccccc1. The predicted octanol–water partition coefficient (Wildman–Crippen LogP) is 2.84. The number of nitrogens with one attached hydrogen (secondary N) is 2. The lowest BCUT2D eigenvalue weighted by Crippen LogP contribution is -2.24. The molecular weight excluding hydrogens is 226 g/mol. The van der Waals surface area contributed by atoms with Gasteiger partial charge in [-0.3, -0.25) is 0 Å². The largest absolute Gasteiger partial charge is 0.339 e. The van der Waals surface area contributed by atoms with Crippen molar-refractivity contribution in [3.05, 3.63) is 66.2 Å². The second kappa shape index (κ2) is 6.20. The number of hydrogen-bond donors (Lipinski definition) is 2. The van der Waals surface area contributed by atoms with Gasteiger partial charge in [0.2, 0.25) is 0 Å². The number of para-hydroxylation sites is 1. The van der Waals surface area contributed by atoms with Crippen molar-refractivity contribution in [3.8, 4) is 0 Å². The second-order valence-corrected chi connectivity index (χ2v) is 3.60. The fourth-order valence-corrected chi connectivity index (χ4v) is 1.39. The number of nitrogens with zero attached hydrogens (tertiary/aromatic N) is 1. The topological polar surface area (TPSA) is 53.5 Å². The third-order valence-electron chi connectivity index (χ3n) is 2.21. The molecule has 0 aliphatic heterocycles. The Hall–Kier alpha value is -2.62. The quantitative estimate of drug-likeness (QED) is 0.628. The van der Waals surface area contributed by atoms with Crippen LogP contribution in [0.15, 0.2) is 65.8 Å². The lowest BCUT2D eigenvalue weighted by molar-refractivity contribution is 0.252. The van der Waals surface area contributed by atoms with Gasteiger partial charge < -0.3 is 5.32 Å². The summed E-state index contributed by atoms with van der Waals surface area (Å²) in [6.45, 7) is 0. The minimum Gasteiger partial charge on any atom is -0.307 e. The molecule has 2 aromatic carbocycles. The van der Waals surface area contributed by atoms with Crippen molar-refractivity contribution in [2.45, 2.75) is 0 Å². The van der Waals surface area contributed by atoms with E-state index in [2.05, 4.69) is 15.8 Å². The van der Waals surface area contributed by atoms with Gasteiger partial charge in [0, 0.05) is 5.69 Å². The van der Waals surface area contributed by atoms with Crippen molar-refractivity contribution in [2.75, 3.05) is 5.32 Å². The summed E-state index contributed by atoms with van der Waals surface area (Å²) >= 11 is 0. The Morgan fingerprint density at radius 3 is 2.22 bits per heavy atom. The molecule has 18 heavy (non-hydrogen) atoms. The predicted molar refractivity (Wildman–Crippen MR) is 72.6 cm³/mol. The summed E-state index contributed by atoms with van der Waals surface area (Å²) in [5.74, 6) is 0. The van der Waals surface area contributed by atoms with E-state index in [0.29, 0.717) is 0 Å². The fourth-order valence-electron chi connectivity index (χ4n) is 1.39. The first-order valence-corrected chi connectivity index (χ1v) is 5.55. The van der Waals surface area contributed by atoms with Crippen LogP contribution >= 0.6 is 0 Å². The molecule has 2 N–H and O–H groups in total. The molecule has 4 heteroatoms. The van der Waals surface area contributed by atoms with Crippen LogP contribution in [0.25, 0.3) is 0 Å². The van der Waals surface area contributed by atoms with Gasteiger partial charge in [-0.15, -0.1) is 0 Å². The Morgan fingerprint density at radius 1 is 0.944 bits per heavy atom. The summed E-state index contributed by atoms with van der Waals surface area (Å²) in [5, 5.41) is 6.52. The van der Waals surface area contributed by atoms with Crippen LogP contribution in [0, 0.1) is 0 Å². The van der Waals surface area contributed by atoms with Crippen LogP contribution in [-0.4, -0.2) is 12.2 Å². The van der Waals surface area contributed by atoms with Crippen LogP contribution in [0.5, 0.6) is 0 Å². The van der Waals surface area contributed by atoms with Gasteiger partial charge in [0.1, 0.15) is 0 Å². The zero-order valence-electron chi connectivity index (χ0n) is 9.71. The number of hydrazone groups is 1. The van der Waals surface area contributed by atoms with Gasteiger partial charge >= 0.3 is 6.03 Å². The molecule has 0 saturated heterocycles. The maximum Gasteiger partial charge on any atom is 0.339 e. The van der Waals surface area contributed by atoms with Crippen LogP contribution in [0.3, 0.4) is 0 Å². The Bertz CT molecular complexity index is 523. The van der Waals surface area contributed by atoms with Crippen molar-refractivity contribution in [2.24, 2.45) is 5.10 Å². The first-order chi connectivity index (χ1) is 8.84. The van der Waals surface area contributed by atoms with Crippen molar-refractivity contribution in [1.29, 1.82) is 0 Å². The Morgan fingerprint density at radius 2 is 1.56 bits per heavy atom. The van der Waals surface area contributed by atoms with Crippen LogP contribution < -0.4 is 10.7 Å². The zero-order valence-corrected chi connectivity index (χ0v) is 9.71. The number of benzene rings is 2. The molecule has 0 spiro atoms. The average Bonchev–Trinajstić information content (AvgIpc) is 2.41. The van der Waals surface area contributed by atoms with Crippen LogP contribution in [0.1, 0.15) is 5.56 Å². The Labute approximate surface area is 105 Å². The highest BCUT2D eigenvalue weighted by atomic mass is 16.2. The second-order valence-electron chi connectivity index (χ2n) is 3.60. The summed E-state index contributed by atoms with van der Waals surface area (Å²) in [5.41, 5.74) is 4.05. The smallest absolute Gasteiger partial charge is 0.307 e.